The molecule has 104 valence electrons. The van der Waals surface area contributed by atoms with Gasteiger partial charge < -0.3 is 4.90 Å². The highest BCUT2D eigenvalue weighted by atomic mass is 127. The van der Waals surface area contributed by atoms with E-state index in [2.05, 4.69) is 51.4 Å². The zero-order valence-electron chi connectivity index (χ0n) is 11.3. The van der Waals surface area contributed by atoms with Crippen molar-refractivity contribution in [3.63, 3.8) is 0 Å². The van der Waals surface area contributed by atoms with Gasteiger partial charge in [-0.15, -0.1) is 0 Å². The zero-order valence-corrected chi connectivity index (χ0v) is 14.2. The van der Waals surface area contributed by atoms with Crippen LogP contribution < -0.4 is 4.90 Å². The Labute approximate surface area is 134 Å². The number of hydrogen-bond donors (Lipinski definition) is 0. The largest absolute Gasteiger partial charge is 0.365 e. The van der Waals surface area contributed by atoms with Crippen molar-refractivity contribution in [1.29, 1.82) is 0 Å². The Balaban J connectivity index is 1.88. The van der Waals surface area contributed by atoms with E-state index in [4.69, 9.17) is 11.6 Å². The van der Waals surface area contributed by atoms with Crippen LogP contribution in [0.2, 0.25) is 5.02 Å². The van der Waals surface area contributed by atoms with E-state index in [-0.39, 0.29) is 0 Å². The molecule has 2 heterocycles. The number of halogens is 2. The second kappa shape index (κ2) is 5.78. The number of benzene rings is 1. The fourth-order valence-corrected chi connectivity index (χ4v) is 4.63. The van der Waals surface area contributed by atoms with Gasteiger partial charge in [0.25, 0.3) is 0 Å². The van der Waals surface area contributed by atoms with Gasteiger partial charge in [-0.3, -0.25) is 4.90 Å². The van der Waals surface area contributed by atoms with Gasteiger partial charge in [-0.25, -0.2) is 0 Å². The van der Waals surface area contributed by atoms with Gasteiger partial charge in [-0.05, 0) is 66.6 Å². The highest BCUT2D eigenvalue weighted by Gasteiger charge is 2.36. The van der Waals surface area contributed by atoms with Gasteiger partial charge in [0.05, 0.1) is 5.69 Å². The molecule has 2 saturated heterocycles. The van der Waals surface area contributed by atoms with Crippen LogP contribution in [0.1, 0.15) is 26.2 Å². The van der Waals surface area contributed by atoms with Crippen LogP contribution >= 0.6 is 34.2 Å². The molecule has 3 rings (SSSR count). The molecule has 2 unspecified atom stereocenters. The summed E-state index contributed by atoms with van der Waals surface area (Å²) in [5, 5.41) is 0.834. The molecule has 0 spiro atoms. The molecule has 2 nitrogen and oxygen atoms in total. The molecule has 0 bridgehead atoms. The summed E-state index contributed by atoms with van der Waals surface area (Å²) in [6.45, 7) is 6.00. The van der Waals surface area contributed by atoms with Gasteiger partial charge in [0, 0.05) is 33.8 Å². The Morgan fingerprint density at radius 3 is 2.95 bits per heavy atom. The molecule has 2 atom stereocenters. The van der Waals surface area contributed by atoms with Crippen molar-refractivity contribution in [3.05, 3.63) is 26.8 Å². The van der Waals surface area contributed by atoms with Gasteiger partial charge in [0.15, 0.2) is 0 Å². The van der Waals surface area contributed by atoms with Crippen LogP contribution in [0.4, 0.5) is 5.69 Å². The molecule has 1 aromatic rings. The standard InChI is InChI=1S/C15H20ClIN2/c1-2-12-9-18-7-3-4-13(18)10-19(12)15-6-5-11(16)8-14(15)17/h5-6,8,12-13H,2-4,7,9-10H2,1H3. The summed E-state index contributed by atoms with van der Waals surface area (Å²) in [5.74, 6) is 0. The number of piperazine rings is 1. The predicted molar refractivity (Wildman–Crippen MR) is 90.2 cm³/mol. The van der Waals surface area contributed by atoms with Crippen molar-refractivity contribution >= 4 is 39.9 Å². The second-order valence-corrected chi connectivity index (χ2v) is 7.20. The van der Waals surface area contributed by atoms with E-state index in [1.54, 1.807) is 0 Å². The number of nitrogens with zero attached hydrogens (tertiary/aromatic N) is 2. The number of rotatable bonds is 2. The average molecular weight is 391 g/mol. The van der Waals surface area contributed by atoms with Gasteiger partial charge in [0.1, 0.15) is 0 Å². The molecule has 0 saturated carbocycles. The molecule has 2 aliphatic rings. The molecule has 19 heavy (non-hydrogen) atoms. The molecule has 2 aliphatic heterocycles. The lowest BCUT2D eigenvalue weighted by Crippen LogP contribution is -2.56. The lowest BCUT2D eigenvalue weighted by Gasteiger charge is -2.45. The minimum Gasteiger partial charge on any atom is -0.365 e. The molecule has 1 aromatic carbocycles. The molecule has 2 fully saturated rings. The van der Waals surface area contributed by atoms with Gasteiger partial charge in [-0.1, -0.05) is 18.5 Å². The van der Waals surface area contributed by atoms with Crippen LogP contribution in [-0.4, -0.2) is 36.6 Å². The van der Waals surface area contributed by atoms with Gasteiger partial charge >= 0.3 is 0 Å². The number of anilines is 1. The van der Waals surface area contributed by atoms with Crippen LogP contribution in [0, 0.1) is 3.57 Å². The Kier molecular flexibility index (Phi) is 4.25. The lowest BCUT2D eigenvalue weighted by atomic mass is 10.0. The summed E-state index contributed by atoms with van der Waals surface area (Å²) in [7, 11) is 0. The normalized spacial score (nSPS) is 27.6. The van der Waals surface area contributed by atoms with E-state index >= 15 is 0 Å². The van der Waals surface area contributed by atoms with Crippen molar-refractivity contribution < 1.29 is 0 Å². The summed E-state index contributed by atoms with van der Waals surface area (Å²) in [6, 6.07) is 7.69. The summed E-state index contributed by atoms with van der Waals surface area (Å²) in [6.07, 6.45) is 3.94. The van der Waals surface area contributed by atoms with E-state index in [1.165, 1.54) is 48.2 Å². The van der Waals surface area contributed by atoms with E-state index < -0.39 is 0 Å². The third-order valence-electron chi connectivity index (χ3n) is 4.48. The monoisotopic (exact) mass is 390 g/mol. The summed E-state index contributed by atoms with van der Waals surface area (Å²) >= 11 is 8.50. The summed E-state index contributed by atoms with van der Waals surface area (Å²) in [4.78, 5) is 5.30. The second-order valence-electron chi connectivity index (χ2n) is 5.60. The Bertz CT molecular complexity index is 465. The maximum atomic E-state index is 6.08. The average Bonchev–Trinajstić information content (AvgIpc) is 2.84. The fraction of sp³-hybridized carbons (Fsp3) is 0.600. The van der Waals surface area contributed by atoms with Crippen molar-refractivity contribution in [2.24, 2.45) is 0 Å². The quantitative estimate of drug-likeness (QED) is 0.704. The first kappa shape index (κ1) is 14.0. The molecule has 0 aromatic heterocycles. The first-order valence-electron chi connectivity index (χ1n) is 7.14. The zero-order chi connectivity index (χ0) is 13.4. The Hall–Kier alpha value is -0.000000000000000111. The highest BCUT2D eigenvalue weighted by molar-refractivity contribution is 14.1. The minimum absolute atomic E-state index is 0.643. The van der Waals surface area contributed by atoms with Crippen LogP contribution in [0.3, 0.4) is 0 Å². The smallest absolute Gasteiger partial charge is 0.0506 e. The summed E-state index contributed by atoms with van der Waals surface area (Å²) in [5.41, 5.74) is 1.36. The molecule has 0 amide bonds. The summed E-state index contributed by atoms with van der Waals surface area (Å²) < 4.78 is 1.27. The topological polar surface area (TPSA) is 6.48 Å². The van der Waals surface area contributed by atoms with E-state index in [9.17, 15) is 0 Å². The fourth-order valence-electron chi connectivity index (χ4n) is 3.45. The van der Waals surface area contributed by atoms with Crippen molar-refractivity contribution in [3.8, 4) is 0 Å². The molecule has 0 N–H and O–H groups in total. The third kappa shape index (κ3) is 2.74. The molecular formula is C15H20ClIN2. The van der Waals surface area contributed by atoms with Crippen molar-refractivity contribution in [2.75, 3.05) is 24.5 Å². The highest BCUT2D eigenvalue weighted by Crippen LogP contribution is 2.33. The Morgan fingerprint density at radius 1 is 1.37 bits per heavy atom. The molecular weight excluding hydrogens is 371 g/mol. The first-order valence-corrected chi connectivity index (χ1v) is 8.60. The number of hydrogen-bond acceptors (Lipinski definition) is 2. The van der Waals surface area contributed by atoms with Crippen LogP contribution in [0.25, 0.3) is 0 Å². The van der Waals surface area contributed by atoms with Crippen LogP contribution in [0.5, 0.6) is 0 Å². The molecule has 0 radical (unpaired) electrons. The molecule has 0 aliphatic carbocycles. The SMILES string of the molecule is CCC1CN2CCCC2CN1c1ccc(Cl)cc1I. The van der Waals surface area contributed by atoms with Crippen molar-refractivity contribution in [2.45, 2.75) is 38.3 Å². The van der Waals surface area contributed by atoms with Gasteiger partial charge in [0.2, 0.25) is 0 Å². The van der Waals surface area contributed by atoms with E-state index in [0.29, 0.717) is 6.04 Å². The lowest BCUT2D eigenvalue weighted by molar-refractivity contribution is 0.194. The maximum Gasteiger partial charge on any atom is 0.0506 e. The van der Waals surface area contributed by atoms with E-state index in [1.807, 2.05) is 6.07 Å². The molecule has 4 heteroatoms. The third-order valence-corrected chi connectivity index (χ3v) is 5.58. The van der Waals surface area contributed by atoms with Crippen LogP contribution in [-0.2, 0) is 0 Å². The number of fused-ring (bicyclic) bond motifs is 1. The Morgan fingerprint density at radius 2 is 2.21 bits per heavy atom. The van der Waals surface area contributed by atoms with Crippen molar-refractivity contribution in [1.82, 2.24) is 4.90 Å². The van der Waals surface area contributed by atoms with Crippen LogP contribution in [0.15, 0.2) is 18.2 Å². The first-order chi connectivity index (χ1) is 9.19. The van der Waals surface area contributed by atoms with E-state index in [0.717, 1.165) is 11.1 Å². The predicted octanol–water partition coefficient (Wildman–Crippen LogP) is 4.01. The van der Waals surface area contributed by atoms with Gasteiger partial charge in [-0.2, -0.15) is 0 Å². The maximum absolute atomic E-state index is 6.08. The minimum atomic E-state index is 0.643.